The van der Waals surface area contributed by atoms with Crippen LogP contribution >= 0.6 is 39.1 Å². The van der Waals surface area contributed by atoms with Gasteiger partial charge in [-0.25, -0.2) is 4.98 Å². The average Bonchev–Trinajstić information content (AvgIpc) is 2.34. The van der Waals surface area contributed by atoms with Crippen LogP contribution in [0.2, 0.25) is 10.0 Å². The molecule has 8 heteroatoms. The van der Waals surface area contributed by atoms with E-state index >= 15 is 0 Å². The lowest BCUT2D eigenvalue weighted by Gasteiger charge is -2.08. The molecule has 5 nitrogen and oxygen atoms in total. The summed E-state index contributed by atoms with van der Waals surface area (Å²) in [5, 5.41) is 14.6. The summed E-state index contributed by atoms with van der Waals surface area (Å²) in [5.74, 6) is 0.109. The minimum absolute atomic E-state index is 0.109. The third kappa shape index (κ3) is 3.34. The van der Waals surface area contributed by atoms with E-state index < -0.39 is 4.92 Å². The molecule has 1 N–H and O–H groups in total. The van der Waals surface area contributed by atoms with E-state index in [4.69, 9.17) is 23.2 Å². The van der Waals surface area contributed by atoms with Crippen LogP contribution in [-0.4, -0.2) is 9.91 Å². The van der Waals surface area contributed by atoms with Crippen LogP contribution in [0.5, 0.6) is 0 Å². The number of hydrogen-bond donors (Lipinski definition) is 1. The molecule has 0 saturated carbocycles. The van der Waals surface area contributed by atoms with Crippen molar-refractivity contribution in [3.63, 3.8) is 0 Å². The Morgan fingerprint density at radius 1 is 1.32 bits per heavy atom. The first-order chi connectivity index (χ1) is 8.97. The number of aromatic nitrogens is 1. The minimum atomic E-state index is -0.524. The molecule has 0 atom stereocenters. The summed E-state index contributed by atoms with van der Waals surface area (Å²) in [6.07, 6.45) is 1.46. The Morgan fingerprint density at radius 3 is 2.68 bits per heavy atom. The Bertz CT molecular complexity index is 652. The summed E-state index contributed by atoms with van der Waals surface area (Å²) < 4.78 is 0.520. The van der Waals surface area contributed by atoms with Crippen LogP contribution in [-0.2, 0) is 0 Å². The standard InChI is InChI=1S/C11H6BrCl2N3O2/c12-6-3-10(17(18)19)11(15-5-6)16-9-2-1-7(13)4-8(9)14/h1-5H,(H,15,16). The summed E-state index contributed by atoms with van der Waals surface area (Å²) in [6.45, 7) is 0. The Hall–Kier alpha value is -1.37. The highest BCUT2D eigenvalue weighted by Gasteiger charge is 2.16. The molecule has 0 radical (unpaired) electrons. The van der Waals surface area contributed by atoms with Crippen molar-refractivity contribution in [1.82, 2.24) is 4.98 Å². The summed E-state index contributed by atoms with van der Waals surface area (Å²) >= 11 is 14.9. The van der Waals surface area contributed by atoms with E-state index in [1.165, 1.54) is 18.3 Å². The maximum absolute atomic E-state index is 11.0. The molecule has 0 unspecified atom stereocenters. The highest BCUT2D eigenvalue weighted by molar-refractivity contribution is 9.10. The van der Waals surface area contributed by atoms with Crippen LogP contribution in [0.1, 0.15) is 0 Å². The molecule has 2 aromatic rings. The van der Waals surface area contributed by atoms with Crippen molar-refractivity contribution in [2.75, 3.05) is 5.32 Å². The van der Waals surface area contributed by atoms with Crippen molar-refractivity contribution < 1.29 is 4.92 Å². The normalized spacial score (nSPS) is 10.3. The van der Waals surface area contributed by atoms with Gasteiger partial charge in [-0.3, -0.25) is 10.1 Å². The fourth-order valence-corrected chi connectivity index (χ4v) is 2.16. The summed E-state index contributed by atoms with van der Waals surface area (Å²) in [6, 6.07) is 6.15. The maximum atomic E-state index is 11.0. The van der Waals surface area contributed by atoms with Gasteiger partial charge >= 0.3 is 5.69 Å². The number of pyridine rings is 1. The smallest absolute Gasteiger partial charge is 0.312 e. The van der Waals surface area contributed by atoms with Crippen molar-refractivity contribution in [3.8, 4) is 0 Å². The molecule has 98 valence electrons. The van der Waals surface area contributed by atoms with E-state index in [2.05, 4.69) is 26.2 Å². The lowest BCUT2D eigenvalue weighted by atomic mass is 10.3. The Kier molecular flexibility index (Phi) is 4.24. The van der Waals surface area contributed by atoms with Gasteiger partial charge in [-0.05, 0) is 34.1 Å². The lowest BCUT2D eigenvalue weighted by molar-refractivity contribution is -0.384. The van der Waals surface area contributed by atoms with E-state index in [0.717, 1.165) is 0 Å². The van der Waals surface area contributed by atoms with Crippen molar-refractivity contribution in [2.24, 2.45) is 0 Å². The monoisotopic (exact) mass is 361 g/mol. The van der Waals surface area contributed by atoms with Crippen LogP contribution in [0, 0.1) is 10.1 Å². The van der Waals surface area contributed by atoms with Gasteiger partial charge in [0, 0.05) is 21.8 Å². The quantitative estimate of drug-likeness (QED) is 0.628. The second-order valence-electron chi connectivity index (χ2n) is 3.53. The number of nitrogens with zero attached hydrogens (tertiary/aromatic N) is 2. The van der Waals surface area contributed by atoms with Crippen molar-refractivity contribution in [3.05, 3.63) is 55.1 Å². The Labute approximate surface area is 126 Å². The minimum Gasteiger partial charge on any atom is -0.333 e. The Morgan fingerprint density at radius 2 is 2.05 bits per heavy atom. The third-order valence-corrected chi connectivity index (χ3v) is 3.20. The second kappa shape index (κ2) is 5.73. The van der Waals surface area contributed by atoms with Crippen LogP contribution in [0.4, 0.5) is 17.2 Å². The molecule has 1 aromatic carbocycles. The fraction of sp³-hybridized carbons (Fsp3) is 0. The van der Waals surface area contributed by atoms with Crippen molar-refractivity contribution >= 4 is 56.3 Å². The number of benzene rings is 1. The van der Waals surface area contributed by atoms with Crippen molar-refractivity contribution in [1.29, 1.82) is 0 Å². The van der Waals surface area contributed by atoms with E-state index in [1.54, 1.807) is 12.1 Å². The highest BCUT2D eigenvalue weighted by Crippen LogP contribution is 2.32. The van der Waals surface area contributed by atoms with E-state index in [-0.39, 0.29) is 11.5 Å². The van der Waals surface area contributed by atoms with Gasteiger partial charge in [-0.1, -0.05) is 23.2 Å². The summed E-state index contributed by atoms with van der Waals surface area (Å²) in [5.41, 5.74) is 0.337. The second-order valence-corrected chi connectivity index (χ2v) is 5.29. The van der Waals surface area contributed by atoms with Gasteiger partial charge in [0.1, 0.15) is 0 Å². The SMILES string of the molecule is O=[N+]([O-])c1cc(Br)cnc1Nc1ccc(Cl)cc1Cl. The highest BCUT2D eigenvalue weighted by atomic mass is 79.9. The molecule has 0 aliphatic heterocycles. The molecule has 0 fully saturated rings. The molecule has 2 rings (SSSR count). The molecule has 0 amide bonds. The third-order valence-electron chi connectivity index (χ3n) is 2.22. The van der Waals surface area contributed by atoms with Crippen LogP contribution in [0.15, 0.2) is 34.9 Å². The van der Waals surface area contributed by atoms with Crippen LogP contribution < -0.4 is 5.32 Å². The molecule has 1 aromatic heterocycles. The van der Waals surface area contributed by atoms with E-state index in [1.807, 2.05) is 0 Å². The molecular weight excluding hydrogens is 357 g/mol. The zero-order valence-corrected chi connectivity index (χ0v) is 12.3. The zero-order valence-electron chi connectivity index (χ0n) is 9.23. The lowest BCUT2D eigenvalue weighted by Crippen LogP contribution is -2.00. The maximum Gasteiger partial charge on any atom is 0.312 e. The molecule has 0 saturated heterocycles. The van der Waals surface area contributed by atoms with Crippen LogP contribution in [0.3, 0.4) is 0 Å². The first-order valence-corrected chi connectivity index (χ1v) is 6.54. The largest absolute Gasteiger partial charge is 0.333 e. The predicted molar refractivity (Wildman–Crippen MR) is 78.3 cm³/mol. The molecule has 0 aliphatic rings. The first-order valence-electron chi connectivity index (χ1n) is 4.99. The van der Waals surface area contributed by atoms with E-state index in [0.29, 0.717) is 20.2 Å². The van der Waals surface area contributed by atoms with Gasteiger partial charge < -0.3 is 5.32 Å². The molecule has 0 bridgehead atoms. The van der Waals surface area contributed by atoms with Gasteiger partial charge in [0.15, 0.2) is 0 Å². The molecule has 0 spiro atoms. The van der Waals surface area contributed by atoms with Gasteiger partial charge in [-0.15, -0.1) is 0 Å². The van der Waals surface area contributed by atoms with Crippen molar-refractivity contribution in [2.45, 2.75) is 0 Å². The molecule has 0 aliphatic carbocycles. The predicted octanol–water partition coefficient (Wildman–Crippen LogP) is 4.80. The summed E-state index contributed by atoms with van der Waals surface area (Å²) in [7, 11) is 0. The fourth-order valence-electron chi connectivity index (χ4n) is 1.38. The van der Waals surface area contributed by atoms with Gasteiger partial charge in [0.05, 0.1) is 15.6 Å². The Balaban J connectivity index is 2.40. The number of anilines is 2. The molecule has 1 heterocycles. The number of halogens is 3. The van der Waals surface area contributed by atoms with Gasteiger partial charge in [0.25, 0.3) is 0 Å². The van der Waals surface area contributed by atoms with Gasteiger partial charge in [0.2, 0.25) is 5.82 Å². The number of nitrogens with one attached hydrogen (secondary N) is 1. The number of nitro groups is 1. The van der Waals surface area contributed by atoms with E-state index in [9.17, 15) is 10.1 Å². The topological polar surface area (TPSA) is 68.1 Å². The number of rotatable bonds is 3. The summed E-state index contributed by atoms with van der Waals surface area (Å²) in [4.78, 5) is 14.4. The zero-order chi connectivity index (χ0) is 14.0. The first kappa shape index (κ1) is 14.0. The van der Waals surface area contributed by atoms with Crippen LogP contribution in [0.25, 0.3) is 0 Å². The number of hydrogen-bond acceptors (Lipinski definition) is 4. The molecule has 19 heavy (non-hydrogen) atoms. The van der Waals surface area contributed by atoms with Gasteiger partial charge in [-0.2, -0.15) is 0 Å². The molecular formula is C11H6BrCl2N3O2. The average molecular weight is 363 g/mol.